The number of nitrogens with one attached hydrogen (secondary N) is 2. The van der Waals surface area contributed by atoms with Crippen molar-refractivity contribution in [2.75, 3.05) is 5.32 Å². The highest BCUT2D eigenvalue weighted by atomic mass is 32.2. The molecule has 156 valence electrons. The molecule has 2 N–H and O–H groups in total. The second kappa shape index (κ2) is 11.6. The topological polar surface area (TPSA) is 33.3 Å². The van der Waals surface area contributed by atoms with Crippen LogP contribution in [0, 0.1) is 0 Å². The molecule has 3 aromatic rings. The van der Waals surface area contributed by atoms with Gasteiger partial charge in [-0.1, -0.05) is 66.4 Å². The highest BCUT2D eigenvalue weighted by molar-refractivity contribution is 7.99. The predicted molar refractivity (Wildman–Crippen MR) is 123 cm³/mol. The van der Waals surface area contributed by atoms with Crippen molar-refractivity contribution in [3.8, 4) is 0 Å². The Morgan fingerprint density at radius 3 is 2.07 bits per heavy atom. The number of rotatable bonds is 9. The first-order valence-corrected chi connectivity index (χ1v) is 10.7. The zero-order valence-corrected chi connectivity index (χ0v) is 17.8. The average molecular weight is 445 g/mol. The largest absolute Gasteiger partial charge is 0.372 e. The summed E-state index contributed by atoms with van der Waals surface area (Å²) in [6.45, 7) is 1.73. The summed E-state index contributed by atoms with van der Waals surface area (Å²) in [6.07, 6.45) is 0. The molecule has 0 unspecified atom stereocenters. The molecule has 3 aromatic carbocycles. The second-order valence-corrected chi connectivity index (χ2v) is 7.98. The van der Waals surface area contributed by atoms with Crippen molar-refractivity contribution in [1.82, 2.24) is 5.32 Å². The van der Waals surface area contributed by atoms with Crippen molar-refractivity contribution in [2.24, 2.45) is 0 Å². The third-order valence-corrected chi connectivity index (χ3v) is 5.16. The molecule has 0 radical (unpaired) electrons. The van der Waals surface area contributed by atoms with Crippen LogP contribution in [-0.4, -0.2) is 10.9 Å². The lowest BCUT2D eigenvalue weighted by molar-refractivity contribution is 0.107. The molecule has 0 spiro atoms. The van der Waals surface area contributed by atoms with Crippen molar-refractivity contribution in [3.63, 3.8) is 0 Å². The van der Waals surface area contributed by atoms with E-state index in [1.807, 2.05) is 54.6 Å². The van der Waals surface area contributed by atoms with E-state index >= 15 is 0 Å². The number of ether oxygens (including phenoxy) is 1. The molecule has 0 aliphatic rings. The van der Waals surface area contributed by atoms with Crippen molar-refractivity contribution >= 4 is 34.8 Å². The standard InChI is InChI=1S/C23H22F2N2OS2/c24-22(25)30-21-12-10-20(11-13-21)27-23(29)26-14-17-6-8-19(9-7-17)16-28-15-18-4-2-1-3-5-18/h1-13,22H,14-16H2,(H2,26,27,29). The summed E-state index contributed by atoms with van der Waals surface area (Å²) in [7, 11) is 0. The van der Waals surface area contributed by atoms with Gasteiger partial charge in [0.15, 0.2) is 5.11 Å². The van der Waals surface area contributed by atoms with Crippen LogP contribution in [0.4, 0.5) is 14.5 Å². The lowest BCUT2D eigenvalue weighted by Crippen LogP contribution is -2.27. The molecule has 7 heteroatoms. The molecule has 0 bridgehead atoms. The molecule has 0 saturated heterocycles. The van der Waals surface area contributed by atoms with E-state index in [4.69, 9.17) is 17.0 Å². The maximum absolute atomic E-state index is 12.4. The lowest BCUT2D eigenvalue weighted by Gasteiger charge is -2.11. The molecule has 0 amide bonds. The summed E-state index contributed by atoms with van der Waals surface area (Å²) in [5, 5.41) is 6.67. The van der Waals surface area contributed by atoms with Crippen molar-refractivity contribution in [1.29, 1.82) is 0 Å². The van der Waals surface area contributed by atoms with Gasteiger partial charge in [-0.2, -0.15) is 8.78 Å². The Morgan fingerprint density at radius 1 is 0.833 bits per heavy atom. The van der Waals surface area contributed by atoms with E-state index < -0.39 is 5.76 Å². The van der Waals surface area contributed by atoms with Crippen LogP contribution in [0.15, 0.2) is 83.8 Å². The van der Waals surface area contributed by atoms with Gasteiger partial charge in [-0.15, -0.1) is 0 Å². The number of alkyl halides is 2. The Bertz CT molecular complexity index is 920. The number of anilines is 1. The predicted octanol–water partition coefficient (Wildman–Crippen LogP) is 6.20. The van der Waals surface area contributed by atoms with Crippen LogP contribution in [0.3, 0.4) is 0 Å². The van der Waals surface area contributed by atoms with Gasteiger partial charge in [0.05, 0.1) is 13.2 Å². The minimum Gasteiger partial charge on any atom is -0.372 e. The number of benzene rings is 3. The maximum atomic E-state index is 12.4. The molecular formula is C23H22F2N2OS2. The van der Waals surface area contributed by atoms with Gasteiger partial charge >= 0.3 is 0 Å². The Balaban J connectivity index is 1.39. The Kier molecular flexibility index (Phi) is 8.62. The number of hydrogen-bond acceptors (Lipinski definition) is 3. The van der Waals surface area contributed by atoms with Crippen LogP contribution in [0.2, 0.25) is 0 Å². The number of hydrogen-bond donors (Lipinski definition) is 2. The van der Waals surface area contributed by atoms with Crippen LogP contribution in [-0.2, 0) is 24.5 Å². The number of thiocarbonyl (C=S) groups is 1. The van der Waals surface area contributed by atoms with Gasteiger partial charge in [0.2, 0.25) is 0 Å². The lowest BCUT2D eigenvalue weighted by atomic mass is 10.1. The fourth-order valence-corrected chi connectivity index (χ4v) is 3.38. The summed E-state index contributed by atoms with van der Waals surface area (Å²) in [4.78, 5) is 0.516. The first kappa shape index (κ1) is 22.2. The van der Waals surface area contributed by atoms with E-state index in [1.165, 1.54) is 0 Å². The Morgan fingerprint density at radius 2 is 1.43 bits per heavy atom. The Hall–Kier alpha value is -2.48. The highest BCUT2D eigenvalue weighted by Gasteiger charge is 2.05. The highest BCUT2D eigenvalue weighted by Crippen LogP contribution is 2.26. The monoisotopic (exact) mass is 444 g/mol. The normalized spacial score (nSPS) is 10.8. The van der Waals surface area contributed by atoms with Gasteiger partial charge in [0.25, 0.3) is 5.76 Å². The molecule has 30 heavy (non-hydrogen) atoms. The fraction of sp³-hybridized carbons (Fsp3) is 0.174. The second-order valence-electron chi connectivity index (χ2n) is 6.51. The zero-order chi connectivity index (χ0) is 21.2. The quantitative estimate of drug-likeness (QED) is 0.303. The minimum absolute atomic E-state index is 0.472. The van der Waals surface area contributed by atoms with Crippen molar-refractivity contribution < 1.29 is 13.5 Å². The maximum Gasteiger partial charge on any atom is 0.288 e. The molecule has 0 aliphatic heterocycles. The molecule has 0 aromatic heterocycles. The first-order valence-electron chi connectivity index (χ1n) is 9.38. The van der Waals surface area contributed by atoms with Gasteiger partial charge in [-0.05, 0) is 53.2 Å². The molecule has 0 heterocycles. The van der Waals surface area contributed by atoms with E-state index in [0.29, 0.717) is 41.5 Å². The van der Waals surface area contributed by atoms with Crippen LogP contribution in [0.1, 0.15) is 16.7 Å². The molecule has 0 atom stereocenters. The van der Waals surface area contributed by atoms with E-state index in [1.54, 1.807) is 24.3 Å². The minimum atomic E-state index is -2.42. The van der Waals surface area contributed by atoms with E-state index in [0.717, 1.165) is 22.4 Å². The molecule has 0 saturated carbocycles. The number of halogens is 2. The first-order chi connectivity index (χ1) is 14.6. The third kappa shape index (κ3) is 7.74. The van der Waals surface area contributed by atoms with Crippen LogP contribution in [0.5, 0.6) is 0 Å². The number of thioether (sulfide) groups is 1. The SMILES string of the molecule is FC(F)Sc1ccc(NC(=S)NCc2ccc(COCc3ccccc3)cc2)cc1. The zero-order valence-electron chi connectivity index (χ0n) is 16.2. The van der Waals surface area contributed by atoms with E-state index in [-0.39, 0.29) is 0 Å². The van der Waals surface area contributed by atoms with E-state index in [2.05, 4.69) is 10.6 Å². The fourth-order valence-electron chi connectivity index (χ4n) is 2.69. The Labute approximate surface area is 184 Å². The smallest absolute Gasteiger partial charge is 0.288 e. The van der Waals surface area contributed by atoms with Crippen LogP contribution in [0.25, 0.3) is 0 Å². The van der Waals surface area contributed by atoms with Crippen molar-refractivity contribution in [2.45, 2.75) is 30.4 Å². The van der Waals surface area contributed by atoms with Gasteiger partial charge in [-0.25, -0.2) is 0 Å². The summed E-state index contributed by atoms with van der Waals surface area (Å²) < 4.78 is 30.5. The van der Waals surface area contributed by atoms with E-state index in [9.17, 15) is 8.78 Å². The molecule has 3 rings (SSSR count). The third-order valence-electron chi connectivity index (χ3n) is 4.19. The molecule has 3 nitrogen and oxygen atoms in total. The molecule has 0 fully saturated rings. The molecular weight excluding hydrogens is 422 g/mol. The van der Waals surface area contributed by atoms with Crippen LogP contribution >= 0.6 is 24.0 Å². The summed E-state index contributed by atoms with van der Waals surface area (Å²) >= 11 is 5.82. The van der Waals surface area contributed by atoms with Crippen LogP contribution < -0.4 is 10.6 Å². The summed E-state index contributed by atoms with van der Waals surface area (Å²) in [6, 6.07) is 25.0. The van der Waals surface area contributed by atoms with Gasteiger partial charge in [0, 0.05) is 17.1 Å². The van der Waals surface area contributed by atoms with Gasteiger partial charge in [-0.3, -0.25) is 0 Å². The summed E-state index contributed by atoms with van der Waals surface area (Å²) in [5.41, 5.74) is 4.10. The average Bonchev–Trinajstić information content (AvgIpc) is 2.75. The van der Waals surface area contributed by atoms with Gasteiger partial charge in [0.1, 0.15) is 0 Å². The van der Waals surface area contributed by atoms with Gasteiger partial charge < -0.3 is 15.4 Å². The molecule has 0 aliphatic carbocycles. The van der Waals surface area contributed by atoms with Crippen molar-refractivity contribution in [3.05, 3.63) is 95.6 Å². The summed E-state index contributed by atoms with van der Waals surface area (Å²) in [5.74, 6) is -2.42.